The molecule has 2 rings (SSSR count). The average molecular weight is 212 g/mol. The molecule has 16 heavy (non-hydrogen) atoms. The molecule has 1 N–H and O–H groups in total. The van der Waals surface area contributed by atoms with Crippen LogP contribution in [0.15, 0.2) is 24.7 Å². The Balaban J connectivity index is 0.00000128. The fourth-order valence-electron chi connectivity index (χ4n) is 1.25. The molecule has 7 heteroatoms. The second kappa shape index (κ2) is 4.92. The molecule has 0 saturated carbocycles. The molecular weight excluding hydrogens is 203 g/mol. The molecule has 0 unspecified atom stereocenters. The summed E-state index contributed by atoms with van der Waals surface area (Å²) >= 11 is 0. The van der Waals surface area contributed by atoms with Gasteiger partial charge in [-0.1, -0.05) is 0 Å². The van der Waals surface area contributed by atoms with Gasteiger partial charge in [0, 0.05) is 25.6 Å². The van der Waals surface area contributed by atoms with Gasteiger partial charge >= 0.3 is 24.8 Å². The van der Waals surface area contributed by atoms with Crippen molar-refractivity contribution in [1.29, 1.82) is 0 Å². The second-order valence-corrected chi connectivity index (χ2v) is 2.94. The number of hydrogen-bond donors (Lipinski definition) is 1. The minimum absolute atomic E-state index is 0. The topological polar surface area (TPSA) is 80.9 Å². The maximum absolute atomic E-state index is 10.9. The van der Waals surface area contributed by atoms with Crippen molar-refractivity contribution in [3.8, 4) is 11.4 Å². The summed E-state index contributed by atoms with van der Waals surface area (Å²) in [6.45, 7) is 0. The predicted molar refractivity (Wildman–Crippen MR) is 58.3 cm³/mol. The van der Waals surface area contributed by atoms with E-state index in [1.54, 1.807) is 31.7 Å². The number of aryl methyl sites for hydroxylation is 1. The van der Waals surface area contributed by atoms with Gasteiger partial charge in [0.15, 0.2) is 11.5 Å². The van der Waals surface area contributed by atoms with Crippen molar-refractivity contribution >= 4 is 24.8 Å². The van der Waals surface area contributed by atoms with Gasteiger partial charge in [-0.15, -0.1) is 0 Å². The first kappa shape index (κ1) is 12.4. The summed E-state index contributed by atoms with van der Waals surface area (Å²) in [6.07, 6.45) is 4.70. The van der Waals surface area contributed by atoms with Crippen molar-refractivity contribution < 1.29 is 9.90 Å². The van der Waals surface area contributed by atoms with Crippen molar-refractivity contribution in [2.24, 2.45) is 7.05 Å². The molecule has 0 bridgehead atoms. The quantitative estimate of drug-likeness (QED) is 0.704. The van der Waals surface area contributed by atoms with E-state index in [2.05, 4.69) is 15.1 Å². The van der Waals surface area contributed by atoms with Gasteiger partial charge in [-0.25, -0.2) is 14.8 Å². The van der Waals surface area contributed by atoms with Gasteiger partial charge in [0.05, 0.1) is 5.56 Å². The van der Waals surface area contributed by atoms with Crippen LogP contribution in [-0.2, 0) is 7.05 Å². The summed E-state index contributed by atoms with van der Waals surface area (Å²) in [5.41, 5.74) is 0.384. The summed E-state index contributed by atoms with van der Waals surface area (Å²) in [5, 5.41) is 12.7. The number of carboxylic acid groups (broad SMARTS) is 1. The van der Waals surface area contributed by atoms with E-state index in [1.807, 2.05) is 0 Å². The Kier molecular flexibility index (Phi) is 3.82. The van der Waals surface area contributed by atoms with Gasteiger partial charge in [0.2, 0.25) is 0 Å². The van der Waals surface area contributed by atoms with Gasteiger partial charge in [0.25, 0.3) is 0 Å². The van der Waals surface area contributed by atoms with Crippen LogP contribution in [-0.4, -0.2) is 49.7 Å². The first-order chi connectivity index (χ1) is 7.18. The number of carbonyl (C=O) groups is 1. The second-order valence-electron chi connectivity index (χ2n) is 2.94. The minimum atomic E-state index is -1.09. The summed E-state index contributed by atoms with van der Waals surface area (Å²) in [6, 6.07) is 1.67. The third kappa shape index (κ3) is 2.29. The first-order valence-corrected chi connectivity index (χ1v) is 4.23. The van der Waals surface area contributed by atoms with E-state index >= 15 is 0 Å². The third-order valence-electron chi connectivity index (χ3n) is 1.84. The summed E-state index contributed by atoms with van der Waals surface area (Å²) in [7, 11) is 1.65. The number of aromatic carboxylic acids is 1. The standard InChI is InChI=1S/C9H8N4O2.Li.H/c1-13-5-6(7(12-13)9(14)15)8-10-3-2-4-11-8;;/h2-5H,1H3,(H,14,15);;. The van der Waals surface area contributed by atoms with E-state index in [0.29, 0.717) is 11.4 Å². The van der Waals surface area contributed by atoms with Crippen LogP contribution in [0.3, 0.4) is 0 Å². The Bertz CT molecular complexity index is 497. The van der Waals surface area contributed by atoms with Crippen LogP contribution in [0.5, 0.6) is 0 Å². The van der Waals surface area contributed by atoms with E-state index in [9.17, 15) is 4.79 Å². The Morgan fingerprint density at radius 3 is 2.56 bits per heavy atom. The van der Waals surface area contributed by atoms with E-state index in [-0.39, 0.29) is 24.6 Å². The molecule has 0 saturated heterocycles. The molecule has 2 heterocycles. The zero-order valence-electron chi connectivity index (χ0n) is 7.95. The van der Waals surface area contributed by atoms with E-state index in [1.165, 1.54) is 4.68 Å². The van der Waals surface area contributed by atoms with Crippen LogP contribution in [0, 0.1) is 0 Å². The van der Waals surface area contributed by atoms with Crippen LogP contribution >= 0.6 is 0 Å². The van der Waals surface area contributed by atoms with E-state index in [4.69, 9.17) is 5.11 Å². The molecule has 6 nitrogen and oxygen atoms in total. The maximum atomic E-state index is 10.9. The third-order valence-corrected chi connectivity index (χ3v) is 1.84. The molecule has 0 radical (unpaired) electrons. The van der Waals surface area contributed by atoms with Crippen LogP contribution < -0.4 is 0 Å². The molecule has 78 valence electrons. The van der Waals surface area contributed by atoms with Crippen molar-refractivity contribution in [3.05, 3.63) is 30.4 Å². The van der Waals surface area contributed by atoms with Crippen LogP contribution in [0.2, 0.25) is 0 Å². The van der Waals surface area contributed by atoms with Crippen molar-refractivity contribution in [1.82, 2.24) is 19.7 Å². The molecule has 0 amide bonds. The first-order valence-electron chi connectivity index (χ1n) is 4.23. The molecule has 0 atom stereocenters. The number of carboxylic acids is 1. The Labute approximate surface area is 104 Å². The summed E-state index contributed by atoms with van der Waals surface area (Å²) < 4.78 is 1.43. The molecule has 0 fully saturated rings. The number of aromatic nitrogens is 4. The zero-order chi connectivity index (χ0) is 10.8. The molecular formula is C9H9LiN4O2. The number of rotatable bonds is 2. The molecule has 0 aliphatic rings. The van der Waals surface area contributed by atoms with Crippen molar-refractivity contribution in [2.45, 2.75) is 0 Å². The molecule has 0 spiro atoms. The Morgan fingerprint density at radius 2 is 2.00 bits per heavy atom. The Morgan fingerprint density at radius 1 is 1.38 bits per heavy atom. The fourth-order valence-corrected chi connectivity index (χ4v) is 1.25. The SMILES string of the molecule is Cn1cc(-c2ncccn2)c(C(=O)O)n1.[LiH]. The molecule has 2 aromatic rings. The van der Waals surface area contributed by atoms with Crippen LogP contribution in [0.4, 0.5) is 0 Å². The van der Waals surface area contributed by atoms with Gasteiger partial charge in [-0.05, 0) is 6.07 Å². The summed E-state index contributed by atoms with van der Waals surface area (Å²) in [5.74, 6) is -0.721. The predicted octanol–water partition coefficient (Wildman–Crippen LogP) is -0.0732. The molecule has 2 aromatic heterocycles. The normalized spacial score (nSPS) is 9.56. The number of nitrogens with zero attached hydrogens (tertiary/aromatic N) is 4. The van der Waals surface area contributed by atoms with Crippen molar-refractivity contribution in [3.63, 3.8) is 0 Å². The molecule has 0 aromatic carbocycles. The fraction of sp³-hybridized carbons (Fsp3) is 0.111. The van der Waals surface area contributed by atoms with Gasteiger partial charge in [-0.3, -0.25) is 4.68 Å². The zero-order valence-corrected chi connectivity index (χ0v) is 7.95. The van der Waals surface area contributed by atoms with Crippen molar-refractivity contribution in [2.75, 3.05) is 0 Å². The van der Waals surface area contributed by atoms with Gasteiger partial charge < -0.3 is 5.11 Å². The molecule has 0 aliphatic heterocycles. The van der Waals surface area contributed by atoms with Gasteiger partial charge in [0.1, 0.15) is 0 Å². The Hall–Kier alpha value is -1.64. The van der Waals surface area contributed by atoms with Crippen LogP contribution in [0.1, 0.15) is 10.5 Å². The van der Waals surface area contributed by atoms with Crippen LogP contribution in [0.25, 0.3) is 11.4 Å². The summed E-state index contributed by atoms with van der Waals surface area (Å²) in [4.78, 5) is 18.8. The van der Waals surface area contributed by atoms with E-state index < -0.39 is 5.97 Å². The van der Waals surface area contributed by atoms with Gasteiger partial charge in [-0.2, -0.15) is 5.10 Å². The van der Waals surface area contributed by atoms with E-state index in [0.717, 1.165) is 0 Å². The monoisotopic (exact) mass is 212 g/mol. The molecule has 0 aliphatic carbocycles. The average Bonchev–Trinajstić information content (AvgIpc) is 2.62. The number of hydrogen-bond acceptors (Lipinski definition) is 4.